The van der Waals surface area contributed by atoms with E-state index in [9.17, 15) is 4.79 Å². The van der Waals surface area contributed by atoms with Crippen molar-refractivity contribution in [1.29, 1.82) is 0 Å². The summed E-state index contributed by atoms with van der Waals surface area (Å²) in [5, 5.41) is 6.52. The van der Waals surface area contributed by atoms with Gasteiger partial charge in [0.05, 0.1) is 12.2 Å². The largest absolute Gasteiger partial charge is 0.359 e. The van der Waals surface area contributed by atoms with Crippen molar-refractivity contribution in [2.24, 2.45) is 5.73 Å². The van der Waals surface area contributed by atoms with Crippen molar-refractivity contribution in [2.75, 3.05) is 0 Å². The molecule has 3 N–H and O–H groups in total. The van der Waals surface area contributed by atoms with E-state index in [0.29, 0.717) is 5.76 Å². The Labute approximate surface area is 137 Å². The minimum absolute atomic E-state index is 0. The van der Waals surface area contributed by atoms with Crippen molar-refractivity contribution in [2.45, 2.75) is 25.9 Å². The second kappa shape index (κ2) is 7.06. The van der Waals surface area contributed by atoms with Gasteiger partial charge in [-0.2, -0.15) is 0 Å². The number of nitrogens with zero attached hydrogens (tertiary/aromatic N) is 1. The van der Waals surface area contributed by atoms with Crippen molar-refractivity contribution < 1.29 is 9.32 Å². The Kier molecular flexibility index (Phi) is 5.95. The second-order valence-electron chi connectivity index (χ2n) is 4.83. The van der Waals surface area contributed by atoms with Gasteiger partial charge in [-0.05, 0) is 31.5 Å². The van der Waals surface area contributed by atoms with Crippen molar-refractivity contribution in [3.05, 3.63) is 51.8 Å². The van der Waals surface area contributed by atoms with Crippen LogP contribution in [0.2, 0.25) is 0 Å². The summed E-state index contributed by atoms with van der Waals surface area (Å²) in [6.07, 6.45) is 0. The van der Waals surface area contributed by atoms with E-state index in [1.165, 1.54) is 0 Å². The molecular formula is C14H17BrClN3O2. The van der Waals surface area contributed by atoms with Gasteiger partial charge in [-0.15, -0.1) is 12.4 Å². The monoisotopic (exact) mass is 373 g/mol. The van der Waals surface area contributed by atoms with E-state index in [-0.39, 0.29) is 24.9 Å². The number of nitrogens with one attached hydrogen (secondary N) is 1. The number of aryl methyl sites for hydroxylation is 1. The van der Waals surface area contributed by atoms with Crippen LogP contribution in [-0.2, 0) is 16.9 Å². The summed E-state index contributed by atoms with van der Waals surface area (Å²) in [4.78, 5) is 12.2. The standard InChI is InChI=1S/C14H16BrN3O2.ClH/c1-9-7-12(20-18-9)8-17-13(19)14(2,16)10-3-5-11(15)6-4-10;/h3-7H,8,16H2,1-2H3,(H,17,19);1H. The predicted octanol–water partition coefficient (Wildman–Crippen LogP) is 2.66. The number of carbonyl (C=O) groups is 1. The zero-order chi connectivity index (χ0) is 14.8. The molecule has 0 aliphatic carbocycles. The first-order valence-electron chi connectivity index (χ1n) is 6.15. The van der Waals surface area contributed by atoms with Gasteiger partial charge in [0.15, 0.2) is 5.76 Å². The topological polar surface area (TPSA) is 81.2 Å². The molecule has 0 bridgehead atoms. The predicted molar refractivity (Wildman–Crippen MR) is 86.0 cm³/mol. The van der Waals surface area contributed by atoms with Crippen LogP contribution in [0.25, 0.3) is 0 Å². The molecule has 0 aliphatic rings. The molecule has 0 aliphatic heterocycles. The lowest BCUT2D eigenvalue weighted by molar-refractivity contribution is -0.126. The number of rotatable bonds is 4. The smallest absolute Gasteiger partial charge is 0.244 e. The first-order valence-corrected chi connectivity index (χ1v) is 6.94. The summed E-state index contributed by atoms with van der Waals surface area (Å²) < 4.78 is 5.98. The number of hydrogen-bond acceptors (Lipinski definition) is 4. The molecule has 0 spiro atoms. The number of amides is 1. The average Bonchev–Trinajstić information content (AvgIpc) is 2.82. The van der Waals surface area contributed by atoms with E-state index in [4.69, 9.17) is 10.3 Å². The number of halogens is 2. The molecule has 1 amide bonds. The third-order valence-corrected chi connectivity index (χ3v) is 3.54. The van der Waals surface area contributed by atoms with Gasteiger partial charge in [0.25, 0.3) is 0 Å². The van der Waals surface area contributed by atoms with Crippen LogP contribution in [0.5, 0.6) is 0 Å². The van der Waals surface area contributed by atoms with Crippen LogP contribution in [0.1, 0.15) is 23.9 Å². The molecule has 5 nitrogen and oxygen atoms in total. The molecule has 114 valence electrons. The maximum atomic E-state index is 12.2. The highest BCUT2D eigenvalue weighted by molar-refractivity contribution is 9.10. The minimum Gasteiger partial charge on any atom is -0.359 e. The maximum Gasteiger partial charge on any atom is 0.244 e. The Morgan fingerprint density at radius 2 is 2.05 bits per heavy atom. The first-order chi connectivity index (χ1) is 9.39. The van der Waals surface area contributed by atoms with E-state index in [1.807, 2.05) is 31.2 Å². The van der Waals surface area contributed by atoms with E-state index < -0.39 is 5.54 Å². The maximum absolute atomic E-state index is 12.2. The van der Waals surface area contributed by atoms with Gasteiger partial charge >= 0.3 is 0 Å². The lowest BCUT2D eigenvalue weighted by Gasteiger charge is -2.23. The fraction of sp³-hybridized carbons (Fsp3) is 0.286. The lowest BCUT2D eigenvalue weighted by Crippen LogP contribution is -2.48. The van der Waals surface area contributed by atoms with Crippen LogP contribution in [0.3, 0.4) is 0 Å². The summed E-state index contributed by atoms with van der Waals surface area (Å²) in [5.74, 6) is 0.330. The fourth-order valence-electron chi connectivity index (χ4n) is 1.78. The molecule has 1 atom stereocenters. The minimum atomic E-state index is -1.10. The second-order valence-corrected chi connectivity index (χ2v) is 5.74. The van der Waals surface area contributed by atoms with Gasteiger partial charge in [-0.1, -0.05) is 33.2 Å². The molecule has 0 fully saturated rings. The molecule has 2 aromatic rings. The molecule has 0 saturated heterocycles. The Balaban J connectivity index is 0.00000220. The van der Waals surface area contributed by atoms with Gasteiger partial charge in [0.2, 0.25) is 5.91 Å². The van der Waals surface area contributed by atoms with Crippen molar-refractivity contribution in [3.8, 4) is 0 Å². The fourth-order valence-corrected chi connectivity index (χ4v) is 2.04. The van der Waals surface area contributed by atoms with E-state index >= 15 is 0 Å². The van der Waals surface area contributed by atoms with Crippen molar-refractivity contribution in [3.63, 3.8) is 0 Å². The van der Waals surface area contributed by atoms with Gasteiger partial charge in [-0.3, -0.25) is 4.79 Å². The van der Waals surface area contributed by atoms with Crippen LogP contribution in [0.4, 0.5) is 0 Å². The highest BCUT2D eigenvalue weighted by atomic mass is 79.9. The van der Waals surface area contributed by atoms with Gasteiger partial charge in [-0.25, -0.2) is 0 Å². The van der Waals surface area contributed by atoms with E-state index in [0.717, 1.165) is 15.7 Å². The highest BCUT2D eigenvalue weighted by Gasteiger charge is 2.30. The molecule has 21 heavy (non-hydrogen) atoms. The Morgan fingerprint density at radius 1 is 1.43 bits per heavy atom. The Hall–Kier alpha value is -1.37. The van der Waals surface area contributed by atoms with E-state index in [2.05, 4.69) is 26.4 Å². The number of carbonyl (C=O) groups excluding carboxylic acids is 1. The Bertz CT molecular complexity index is 611. The van der Waals surface area contributed by atoms with Crippen LogP contribution in [-0.4, -0.2) is 11.1 Å². The highest BCUT2D eigenvalue weighted by Crippen LogP contribution is 2.20. The van der Waals surface area contributed by atoms with Gasteiger partial charge in [0, 0.05) is 10.5 Å². The number of hydrogen-bond donors (Lipinski definition) is 2. The molecule has 2 rings (SSSR count). The zero-order valence-electron chi connectivity index (χ0n) is 11.7. The summed E-state index contributed by atoms with van der Waals surface area (Å²) in [6, 6.07) is 9.12. The molecule has 0 radical (unpaired) electrons. The third-order valence-electron chi connectivity index (χ3n) is 3.02. The SMILES string of the molecule is Cc1cc(CNC(=O)C(C)(N)c2ccc(Br)cc2)on1.Cl. The quantitative estimate of drug-likeness (QED) is 0.862. The molecule has 0 saturated carbocycles. The number of benzene rings is 1. The zero-order valence-corrected chi connectivity index (χ0v) is 14.1. The third kappa shape index (κ3) is 4.30. The number of nitrogens with two attached hydrogens (primary N) is 1. The van der Waals surface area contributed by atoms with Crippen LogP contribution >= 0.6 is 28.3 Å². The van der Waals surface area contributed by atoms with Gasteiger partial charge in [0.1, 0.15) is 5.54 Å². The van der Waals surface area contributed by atoms with E-state index in [1.54, 1.807) is 13.0 Å². The lowest BCUT2D eigenvalue weighted by atomic mass is 9.92. The van der Waals surface area contributed by atoms with Crippen LogP contribution < -0.4 is 11.1 Å². The molecule has 1 heterocycles. The summed E-state index contributed by atoms with van der Waals surface area (Å²) in [7, 11) is 0. The first kappa shape index (κ1) is 17.7. The summed E-state index contributed by atoms with van der Waals surface area (Å²) in [6.45, 7) is 3.77. The van der Waals surface area contributed by atoms with Crippen LogP contribution in [0, 0.1) is 6.92 Å². The molecule has 1 aromatic heterocycles. The van der Waals surface area contributed by atoms with Crippen molar-refractivity contribution in [1.82, 2.24) is 10.5 Å². The molecule has 1 unspecified atom stereocenters. The average molecular weight is 375 g/mol. The Morgan fingerprint density at radius 3 is 2.57 bits per heavy atom. The summed E-state index contributed by atoms with van der Waals surface area (Å²) >= 11 is 3.35. The normalized spacial score (nSPS) is 13.1. The molecular weight excluding hydrogens is 358 g/mol. The molecule has 1 aromatic carbocycles. The number of aromatic nitrogens is 1. The van der Waals surface area contributed by atoms with Crippen molar-refractivity contribution >= 4 is 34.2 Å². The van der Waals surface area contributed by atoms with Gasteiger partial charge < -0.3 is 15.6 Å². The van der Waals surface area contributed by atoms with Crippen LogP contribution in [0.15, 0.2) is 39.3 Å². The summed E-state index contributed by atoms with van der Waals surface area (Å²) in [5.41, 5.74) is 6.54. The molecule has 7 heteroatoms.